The molecule has 0 aromatic heterocycles. The van der Waals surface area contributed by atoms with Gasteiger partial charge in [0.25, 0.3) is 0 Å². The van der Waals surface area contributed by atoms with E-state index in [1.807, 2.05) is 0 Å². The van der Waals surface area contributed by atoms with Gasteiger partial charge in [-0.2, -0.15) is 0 Å². The lowest BCUT2D eigenvalue weighted by Gasteiger charge is -2.11. The molecule has 17 heavy (non-hydrogen) atoms. The standard InChI is InChI=1S/C12H14BrFN2O/c13-8-3-4-9(14)11(5-8)16-12(17)6-10(15)7-1-2-7/h3-5,7,10H,1-2,6,15H2,(H,16,17). The third kappa shape index (κ3) is 3.51. The molecule has 0 bridgehead atoms. The molecule has 2 rings (SSSR count). The van der Waals surface area contributed by atoms with Crippen molar-refractivity contribution in [3.05, 3.63) is 28.5 Å². The van der Waals surface area contributed by atoms with E-state index in [0.29, 0.717) is 5.92 Å². The van der Waals surface area contributed by atoms with Crippen LogP contribution < -0.4 is 11.1 Å². The maximum Gasteiger partial charge on any atom is 0.226 e. The Balaban J connectivity index is 1.94. The Morgan fingerprint density at radius 1 is 1.59 bits per heavy atom. The first-order valence-electron chi connectivity index (χ1n) is 5.57. The van der Waals surface area contributed by atoms with Gasteiger partial charge in [-0.15, -0.1) is 0 Å². The fourth-order valence-electron chi connectivity index (χ4n) is 1.70. The van der Waals surface area contributed by atoms with Crippen molar-refractivity contribution in [2.24, 2.45) is 11.7 Å². The highest BCUT2D eigenvalue weighted by molar-refractivity contribution is 9.10. The highest BCUT2D eigenvalue weighted by Crippen LogP contribution is 2.33. The average molecular weight is 301 g/mol. The first-order chi connectivity index (χ1) is 8.06. The monoisotopic (exact) mass is 300 g/mol. The van der Waals surface area contributed by atoms with Crippen LogP contribution in [0.3, 0.4) is 0 Å². The zero-order valence-corrected chi connectivity index (χ0v) is 10.8. The summed E-state index contributed by atoms with van der Waals surface area (Å²) in [5.41, 5.74) is 6.03. The minimum atomic E-state index is -0.443. The molecule has 1 fully saturated rings. The van der Waals surface area contributed by atoms with Crippen LogP contribution in [0.15, 0.2) is 22.7 Å². The van der Waals surface area contributed by atoms with E-state index in [2.05, 4.69) is 21.2 Å². The van der Waals surface area contributed by atoms with Crippen LogP contribution in [0.25, 0.3) is 0 Å². The number of nitrogens with one attached hydrogen (secondary N) is 1. The number of hydrogen-bond donors (Lipinski definition) is 2. The molecule has 3 nitrogen and oxygen atoms in total. The first kappa shape index (κ1) is 12.5. The molecular weight excluding hydrogens is 287 g/mol. The number of halogens is 2. The maximum atomic E-state index is 13.4. The maximum absolute atomic E-state index is 13.4. The Hall–Kier alpha value is -0.940. The Labute approximate surface area is 108 Å². The number of carbonyl (C=O) groups excluding carboxylic acids is 1. The van der Waals surface area contributed by atoms with Gasteiger partial charge >= 0.3 is 0 Å². The number of benzene rings is 1. The summed E-state index contributed by atoms with van der Waals surface area (Å²) in [6.45, 7) is 0. The van der Waals surface area contributed by atoms with E-state index in [9.17, 15) is 9.18 Å². The van der Waals surface area contributed by atoms with Crippen LogP contribution in [0.4, 0.5) is 10.1 Å². The molecule has 5 heteroatoms. The minimum absolute atomic E-state index is 0.106. The van der Waals surface area contributed by atoms with Gasteiger partial charge in [0, 0.05) is 16.9 Å². The predicted octanol–water partition coefficient (Wildman–Crippen LogP) is 2.65. The van der Waals surface area contributed by atoms with Crippen LogP contribution in [0, 0.1) is 11.7 Å². The summed E-state index contributed by atoms with van der Waals surface area (Å²) in [5, 5.41) is 2.54. The molecule has 3 N–H and O–H groups in total. The Morgan fingerprint density at radius 3 is 2.94 bits per heavy atom. The van der Waals surface area contributed by atoms with Crippen molar-refractivity contribution in [2.75, 3.05) is 5.32 Å². The highest BCUT2D eigenvalue weighted by Gasteiger charge is 2.29. The molecule has 0 spiro atoms. The number of hydrogen-bond acceptors (Lipinski definition) is 2. The summed E-state index contributed by atoms with van der Waals surface area (Å²) < 4.78 is 14.1. The molecule has 1 aliphatic carbocycles. The van der Waals surface area contributed by atoms with Crippen molar-refractivity contribution in [2.45, 2.75) is 25.3 Å². The Kier molecular flexibility index (Phi) is 3.79. The van der Waals surface area contributed by atoms with Gasteiger partial charge in [0.15, 0.2) is 0 Å². The van der Waals surface area contributed by atoms with Crippen molar-refractivity contribution in [3.8, 4) is 0 Å². The molecule has 0 aliphatic heterocycles. The molecule has 0 heterocycles. The molecule has 1 aromatic rings. The van der Waals surface area contributed by atoms with E-state index >= 15 is 0 Å². The van der Waals surface area contributed by atoms with E-state index in [0.717, 1.165) is 17.3 Å². The number of amides is 1. The molecule has 1 saturated carbocycles. The van der Waals surface area contributed by atoms with Gasteiger partial charge in [0.1, 0.15) is 5.82 Å². The lowest BCUT2D eigenvalue weighted by molar-refractivity contribution is -0.116. The van der Waals surface area contributed by atoms with Crippen molar-refractivity contribution in [3.63, 3.8) is 0 Å². The van der Waals surface area contributed by atoms with Crippen LogP contribution in [0.5, 0.6) is 0 Å². The smallest absolute Gasteiger partial charge is 0.226 e. The molecule has 0 radical (unpaired) electrons. The number of nitrogens with two attached hydrogens (primary N) is 1. The van der Waals surface area contributed by atoms with Crippen LogP contribution in [-0.4, -0.2) is 11.9 Å². The Morgan fingerprint density at radius 2 is 2.29 bits per heavy atom. The lowest BCUT2D eigenvalue weighted by atomic mass is 10.1. The van der Waals surface area contributed by atoms with Gasteiger partial charge in [-0.25, -0.2) is 4.39 Å². The topological polar surface area (TPSA) is 55.1 Å². The fraction of sp³-hybridized carbons (Fsp3) is 0.417. The van der Waals surface area contributed by atoms with Crippen molar-refractivity contribution < 1.29 is 9.18 Å². The average Bonchev–Trinajstić information content (AvgIpc) is 3.06. The number of carbonyl (C=O) groups is 1. The van der Waals surface area contributed by atoms with Crippen molar-refractivity contribution in [1.29, 1.82) is 0 Å². The fourth-order valence-corrected chi connectivity index (χ4v) is 2.06. The molecule has 92 valence electrons. The van der Waals surface area contributed by atoms with Crippen LogP contribution in [0.2, 0.25) is 0 Å². The van der Waals surface area contributed by atoms with Gasteiger partial charge in [0.2, 0.25) is 5.91 Å². The van der Waals surface area contributed by atoms with E-state index in [4.69, 9.17) is 5.73 Å². The second-order valence-electron chi connectivity index (χ2n) is 4.38. The quantitative estimate of drug-likeness (QED) is 0.898. The molecule has 1 unspecified atom stereocenters. The molecule has 0 saturated heterocycles. The zero-order valence-electron chi connectivity index (χ0n) is 9.25. The van der Waals surface area contributed by atoms with E-state index in [-0.39, 0.29) is 24.1 Å². The van der Waals surface area contributed by atoms with Gasteiger partial charge < -0.3 is 11.1 Å². The minimum Gasteiger partial charge on any atom is -0.327 e. The van der Waals surface area contributed by atoms with Gasteiger partial charge in [-0.05, 0) is 37.0 Å². The van der Waals surface area contributed by atoms with E-state index < -0.39 is 5.82 Å². The summed E-state index contributed by atoms with van der Waals surface area (Å²) in [7, 11) is 0. The van der Waals surface area contributed by atoms with Crippen molar-refractivity contribution >= 4 is 27.5 Å². The second kappa shape index (κ2) is 5.14. The van der Waals surface area contributed by atoms with E-state index in [1.165, 1.54) is 12.1 Å². The zero-order chi connectivity index (χ0) is 12.4. The summed E-state index contributed by atoms with van der Waals surface area (Å²) in [5.74, 6) is -0.212. The van der Waals surface area contributed by atoms with E-state index in [1.54, 1.807) is 6.07 Å². The number of anilines is 1. The highest BCUT2D eigenvalue weighted by atomic mass is 79.9. The third-order valence-corrected chi connectivity index (χ3v) is 3.34. The third-order valence-electron chi connectivity index (χ3n) is 2.85. The molecular formula is C12H14BrFN2O. The van der Waals surface area contributed by atoms with Crippen LogP contribution in [0.1, 0.15) is 19.3 Å². The Bertz CT molecular complexity index is 435. The van der Waals surface area contributed by atoms with Gasteiger partial charge in [-0.1, -0.05) is 15.9 Å². The first-order valence-corrected chi connectivity index (χ1v) is 6.36. The van der Waals surface area contributed by atoms with Gasteiger partial charge in [0.05, 0.1) is 5.69 Å². The molecule has 1 aromatic carbocycles. The normalized spacial score (nSPS) is 16.6. The summed E-state index contributed by atoms with van der Waals surface area (Å²) in [6, 6.07) is 4.32. The SMILES string of the molecule is NC(CC(=O)Nc1cc(Br)ccc1F)C1CC1. The van der Waals surface area contributed by atoms with Gasteiger partial charge in [-0.3, -0.25) is 4.79 Å². The summed E-state index contributed by atoms with van der Waals surface area (Å²) in [6.07, 6.45) is 2.44. The predicted molar refractivity (Wildman–Crippen MR) is 68.0 cm³/mol. The second-order valence-corrected chi connectivity index (χ2v) is 5.29. The largest absolute Gasteiger partial charge is 0.327 e. The molecule has 1 aliphatic rings. The molecule has 1 amide bonds. The summed E-state index contributed by atoms with van der Waals surface area (Å²) in [4.78, 5) is 11.6. The van der Waals surface area contributed by atoms with Crippen LogP contribution >= 0.6 is 15.9 Å². The number of rotatable bonds is 4. The lowest BCUT2D eigenvalue weighted by Crippen LogP contribution is -2.29. The molecule has 1 atom stereocenters. The summed E-state index contributed by atoms with van der Waals surface area (Å²) >= 11 is 3.23. The van der Waals surface area contributed by atoms with Crippen LogP contribution in [-0.2, 0) is 4.79 Å². The van der Waals surface area contributed by atoms with Crippen molar-refractivity contribution in [1.82, 2.24) is 0 Å².